The second-order valence-electron chi connectivity index (χ2n) is 3.43. The van der Waals surface area contributed by atoms with Crippen molar-refractivity contribution in [1.29, 1.82) is 0 Å². The van der Waals surface area contributed by atoms with E-state index in [-0.39, 0.29) is 4.90 Å². The predicted molar refractivity (Wildman–Crippen MR) is 65.3 cm³/mol. The monoisotopic (exact) mass is 254 g/mol. The lowest BCUT2D eigenvalue weighted by molar-refractivity contribution is 0.578. The average molecular weight is 254 g/mol. The van der Waals surface area contributed by atoms with Gasteiger partial charge in [-0.05, 0) is 24.1 Å². The summed E-state index contributed by atoms with van der Waals surface area (Å²) in [6, 6.07) is 5.76. The molecule has 0 saturated carbocycles. The number of hydrogen-bond acceptors (Lipinski definition) is 3. The molecule has 7 heteroatoms. The lowest BCUT2D eigenvalue weighted by Gasteiger charge is -2.05. The molecular formula is C10H14N4O2S. The number of rotatable bonds is 6. The number of azide groups is 1. The number of benzene rings is 1. The first-order chi connectivity index (χ1) is 8.10. The van der Waals surface area contributed by atoms with Crippen LogP contribution in [0, 0.1) is 0 Å². The molecule has 0 heterocycles. The van der Waals surface area contributed by atoms with E-state index >= 15 is 0 Å². The van der Waals surface area contributed by atoms with Gasteiger partial charge in [0.25, 0.3) is 0 Å². The molecule has 0 atom stereocenters. The second kappa shape index (κ2) is 6.24. The van der Waals surface area contributed by atoms with Gasteiger partial charge in [0.05, 0.1) is 4.90 Å². The van der Waals surface area contributed by atoms with E-state index in [1.54, 1.807) is 0 Å². The number of nitrogens with one attached hydrogen (secondary N) is 1. The standard InChI is InChI=1S/C10H14N4O2S/c1-2-3-8-12-17(15,16)10-6-4-9(5-7-10)13-14-11/h4-7,12H,2-3,8H2,1H3. The maximum atomic E-state index is 11.8. The summed E-state index contributed by atoms with van der Waals surface area (Å²) in [6.45, 7) is 2.42. The first-order valence-corrected chi connectivity index (χ1v) is 6.73. The first-order valence-electron chi connectivity index (χ1n) is 5.25. The van der Waals surface area contributed by atoms with E-state index in [2.05, 4.69) is 14.7 Å². The third kappa shape index (κ3) is 4.07. The molecule has 0 spiro atoms. The number of hydrogen-bond donors (Lipinski definition) is 1. The highest BCUT2D eigenvalue weighted by atomic mass is 32.2. The molecule has 0 amide bonds. The zero-order valence-corrected chi connectivity index (χ0v) is 10.3. The zero-order chi connectivity index (χ0) is 12.7. The lowest BCUT2D eigenvalue weighted by atomic mass is 10.3. The van der Waals surface area contributed by atoms with Crippen LogP contribution in [0.3, 0.4) is 0 Å². The van der Waals surface area contributed by atoms with Crippen molar-refractivity contribution in [3.63, 3.8) is 0 Å². The quantitative estimate of drug-likeness (QED) is 0.365. The summed E-state index contributed by atoms with van der Waals surface area (Å²) in [7, 11) is -3.45. The fraction of sp³-hybridized carbons (Fsp3) is 0.400. The molecule has 0 unspecified atom stereocenters. The van der Waals surface area contributed by atoms with Gasteiger partial charge in [0.2, 0.25) is 10.0 Å². The van der Waals surface area contributed by atoms with Gasteiger partial charge in [0, 0.05) is 17.1 Å². The van der Waals surface area contributed by atoms with Crippen LogP contribution in [0.2, 0.25) is 0 Å². The van der Waals surface area contributed by atoms with E-state index in [4.69, 9.17) is 5.53 Å². The van der Waals surface area contributed by atoms with Crippen molar-refractivity contribution in [3.05, 3.63) is 34.7 Å². The molecule has 0 aliphatic heterocycles. The van der Waals surface area contributed by atoms with Crippen molar-refractivity contribution >= 4 is 15.7 Å². The Labute approximate surface area is 100 Å². The van der Waals surface area contributed by atoms with Gasteiger partial charge < -0.3 is 0 Å². The molecule has 0 aliphatic carbocycles. The Balaban J connectivity index is 2.81. The maximum Gasteiger partial charge on any atom is 0.240 e. The van der Waals surface area contributed by atoms with Crippen LogP contribution in [-0.4, -0.2) is 15.0 Å². The van der Waals surface area contributed by atoms with Crippen LogP contribution < -0.4 is 4.72 Å². The largest absolute Gasteiger partial charge is 0.240 e. The van der Waals surface area contributed by atoms with Crippen molar-refractivity contribution < 1.29 is 8.42 Å². The molecule has 1 rings (SSSR count). The molecule has 0 aromatic heterocycles. The van der Waals surface area contributed by atoms with E-state index in [0.717, 1.165) is 12.8 Å². The van der Waals surface area contributed by atoms with Crippen LogP contribution in [0.25, 0.3) is 10.4 Å². The summed E-state index contributed by atoms with van der Waals surface area (Å²) in [6.07, 6.45) is 1.73. The molecule has 0 saturated heterocycles. The third-order valence-electron chi connectivity index (χ3n) is 2.13. The van der Waals surface area contributed by atoms with E-state index in [1.807, 2.05) is 6.92 Å². The number of sulfonamides is 1. The Bertz CT molecular complexity index is 504. The maximum absolute atomic E-state index is 11.8. The van der Waals surface area contributed by atoms with Gasteiger partial charge in [-0.3, -0.25) is 0 Å². The van der Waals surface area contributed by atoms with E-state index in [1.165, 1.54) is 24.3 Å². The highest BCUT2D eigenvalue weighted by Gasteiger charge is 2.12. The van der Waals surface area contributed by atoms with Gasteiger partial charge in [-0.2, -0.15) is 0 Å². The minimum absolute atomic E-state index is 0.172. The van der Waals surface area contributed by atoms with Crippen molar-refractivity contribution in [2.75, 3.05) is 6.54 Å². The second-order valence-corrected chi connectivity index (χ2v) is 5.20. The molecule has 1 N–H and O–H groups in total. The third-order valence-corrected chi connectivity index (χ3v) is 3.61. The van der Waals surface area contributed by atoms with Gasteiger partial charge in [-0.1, -0.05) is 30.6 Å². The van der Waals surface area contributed by atoms with Gasteiger partial charge in [-0.25, -0.2) is 13.1 Å². The highest BCUT2D eigenvalue weighted by Crippen LogP contribution is 2.16. The van der Waals surface area contributed by atoms with Gasteiger partial charge in [-0.15, -0.1) is 0 Å². The fourth-order valence-electron chi connectivity index (χ4n) is 1.21. The summed E-state index contributed by atoms with van der Waals surface area (Å²) in [5.41, 5.74) is 8.61. The molecule has 92 valence electrons. The first kappa shape index (κ1) is 13.5. The Morgan fingerprint density at radius 2 is 2.00 bits per heavy atom. The van der Waals surface area contributed by atoms with Gasteiger partial charge in [0.1, 0.15) is 0 Å². The van der Waals surface area contributed by atoms with Crippen LogP contribution in [0.4, 0.5) is 5.69 Å². The molecular weight excluding hydrogens is 240 g/mol. The molecule has 0 aliphatic rings. The summed E-state index contributed by atoms with van der Waals surface area (Å²) >= 11 is 0. The highest BCUT2D eigenvalue weighted by molar-refractivity contribution is 7.89. The Morgan fingerprint density at radius 1 is 1.35 bits per heavy atom. The summed E-state index contributed by atoms with van der Waals surface area (Å²) in [5.74, 6) is 0. The number of nitrogens with zero attached hydrogens (tertiary/aromatic N) is 3. The summed E-state index contributed by atoms with van der Waals surface area (Å²) in [5, 5.41) is 3.37. The van der Waals surface area contributed by atoms with Crippen molar-refractivity contribution in [2.24, 2.45) is 5.11 Å². The molecule has 0 fully saturated rings. The van der Waals surface area contributed by atoms with Crippen LogP contribution >= 0.6 is 0 Å². The number of unbranched alkanes of at least 4 members (excludes halogenated alkanes) is 1. The average Bonchev–Trinajstić information content (AvgIpc) is 2.30. The normalized spacial score (nSPS) is 10.9. The summed E-state index contributed by atoms with van der Waals surface area (Å²) < 4.78 is 26.0. The molecule has 1 aromatic rings. The van der Waals surface area contributed by atoms with Crippen molar-refractivity contribution in [3.8, 4) is 0 Å². The van der Waals surface area contributed by atoms with Crippen LogP contribution in [0.15, 0.2) is 34.3 Å². The van der Waals surface area contributed by atoms with Crippen LogP contribution in [0.5, 0.6) is 0 Å². The minimum Gasteiger partial charge on any atom is -0.211 e. The van der Waals surface area contributed by atoms with E-state index in [9.17, 15) is 8.42 Å². The van der Waals surface area contributed by atoms with Gasteiger partial charge in [0.15, 0.2) is 0 Å². The summed E-state index contributed by atoms with van der Waals surface area (Å²) in [4.78, 5) is 2.79. The Hall–Kier alpha value is -1.56. The van der Waals surface area contributed by atoms with E-state index < -0.39 is 10.0 Å². The SMILES string of the molecule is CCCCNS(=O)(=O)c1ccc(N=[N+]=[N-])cc1. The molecule has 0 radical (unpaired) electrons. The van der Waals surface area contributed by atoms with Crippen molar-refractivity contribution in [1.82, 2.24) is 4.72 Å². The van der Waals surface area contributed by atoms with Crippen molar-refractivity contribution in [2.45, 2.75) is 24.7 Å². The Morgan fingerprint density at radius 3 is 2.53 bits per heavy atom. The lowest BCUT2D eigenvalue weighted by Crippen LogP contribution is -2.24. The van der Waals surface area contributed by atoms with Crippen LogP contribution in [0.1, 0.15) is 19.8 Å². The smallest absolute Gasteiger partial charge is 0.211 e. The predicted octanol–water partition coefficient (Wildman–Crippen LogP) is 2.71. The molecule has 17 heavy (non-hydrogen) atoms. The molecule has 6 nitrogen and oxygen atoms in total. The van der Waals surface area contributed by atoms with Crippen LogP contribution in [-0.2, 0) is 10.0 Å². The molecule has 1 aromatic carbocycles. The fourth-order valence-corrected chi connectivity index (χ4v) is 2.28. The van der Waals surface area contributed by atoms with Gasteiger partial charge >= 0.3 is 0 Å². The Kier molecular flexibility index (Phi) is 4.96. The van der Waals surface area contributed by atoms with E-state index in [0.29, 0.717) is 12.2 Å². The topological polar surface area (TPSA) is 94.9 Å². The zero-order valence-electron chi connectivity index (χ0n) is 9.50. The minimum atomic E-state index is -3.45. The molecule has 0 bridgehead atoms.